The second kappa shape index (κ2) is 8.18. The molecule has 2 N–H and O–H groups in total. The van der Waals surface area contributed by atoms with Gasteiger partial charge in [-0.1, -0.05) is 25.0 Å². The average molecular weight is 263 g/mol. The lowest BCUT2D eigenvalue weighted by atomic mass is 10.1. The van der Waals surface area contributed by atoms with E-state index in [1.807, 2.05) is 24.3 Å². The molecule has 0 aromatic heterocycles. The summed E-state index contributed by atoms with van der Waals surface area (Å²) in [6.07, 6.45) is 6.42. The first-order chi connectivity index (χ1) is 9.38. The van der Waals surface area contributed by atoms with Gasteiger partial charge in [0, 0.05) is 26.2 Å². The van der Waals surface area contributed by atoms with Crippen LogP contribution in [0.4, 0.5) is 0 Å². The smallest absolute Gasteiger partial charge is 0.119 e. The van der Waals surface area contributed by atoms with Crippen molar-refractivity contribution in [1.29, 1.82) is 0 Å². The molecule has 0 unspecified atom stereocenters. The zero-order valence-electron chi connectivity index (χ0n) is 11.6. The van der Waals surface area contributed by atoms with Crippen molar-refractivity contribution >= 4 is 0 Å². The van der Waals surface area contributed by atoms with Crippen molar-refractivity contribution in [2.75, 3.05) is 19.8 Å². The third-order valence-corrected chi connectivity index (χ3v) is 3.69. The van der Waals surface area contributed by atoms with Gasteiger partial charge in [-0.2, -0.15) is 0 Å². The van der Waals surface area contributed by atoms with Gasteiger partial charge in [0.15, 0.2) is 0 Å². The molecule has 2 rings (SSSR count). The van der Waals surface area contributed by atoms with Gasteiger partial charge >= 0.3 is 0 Å². The van der Waals surface area contributed by atoms with Crippen molar-refractivity contribution in [2.24, 2.45) is 11.7 Å². The molecule has 0 heterocycles. The molecule has 106 valence electrons. The first-order valence-corrected chi connectivity index (χ1v) is 7.38. The van der Waals surface area contributed by atoms with E-state index in [1.165, 1.54) is 25.7 Å². The van der Waals surface area contributed by atoms with E-state index >= 15 is 0 Å². The topological polar surface area (TPSA) is 44.5 Å². The van der Waals surface area contributed by atoms with Gasteiger partial charge in [0.1, 0.15) is 5.75 Å². The van der Waals surface area contributed by atoms with Crippen LogP contribution in [0.15, 0.2) is 24.3 Å². The molecular formula is C16H25NO2. The second-order valence-electron chi connectivity index (χ2n) is 5.28. The van der Waals surface area contributed by atoms with Crippen molar-refractivity contribution in [3.05, 3.63) is 29.8 Å². The van der Waals surface area contributed by atoms with Crippen LogP contribution in [-0.4, -0.2) is 19.8 Å². The van der Waals surface area contributed by atoms with Gasteiger partial charge in [-0.05, 0) is 36.5 Å². The summed E-state index contributed by atoms with van der Waals surface area (Å²) in [6.45, 7) is 3.03. The number of benzene rings is 1. The highest BCUT2D eigenvalue weighted by atomic mass is 16.5. The van der Waals surface area contributed by atoms with Crippen molar-refractivity contribution in [1.82, 2.24) is 0 Å². The molecule has 19 heavy (non-hydrogen) atoms. The highest BCUT2D eigenvalue weighted by molar-refractivity contribution is 5.26. The van der Waals surface area contributed by atoms with Crippen LogP contribution in [-0.2, 0) is 11.3 Å². The molecule has 0 spiro atoms. The summed E-state index contributed by atoms with van der Waals surface area (Å²) in [6, 6.07) is 7.96. The largest absolute Gasteiger partial charge is 0.494 e. The maximum atomic E-state index is 5.70. The molecule has 1 aliphatic carbocycles. The molecule has 1 aromatic carbocycles. The van der Waals surface area contributed by atoms with E-state index in [9.17, 15) is 0 Å². The van der Waals surface area contributed by atoms with Crippen molar-refractivity contribution in [3.8, 4) is 5.75 Å². The number of rotatable bonds is 8. The molecule has 3 heteroatoms. The summed E-state index contributed by atoms with van der Waals surface area (Å²) < 4.78 is 11.4. The Labute approximate surface area is 116 Å². The van der Waals surface area contributed by atoms with E-state index in [-0.39, 0.29) is 0 Å². The number of ether oxygens (including phenoxy) is 2. The predicted molar refractivity (Wildman–Crippen MR) is 77.2 cm³/mol. The first kappa shape index (κ1) is 14.4. The molecule has 1 fully saturated rings. The molecule has 0 bridgehead atoms. The molecule has 0 atom stereocenters. The third kappa shape index (κ3) is 5.21. The molecule has 1 aromatic rings. The maximum Gasteiger partial charge on any atom is 0.119 e. The van der Waals surface area contributed by atoms with Gasteiger partial charge in [0.2, 0.25) is 0 Å². The SMILES string of the molecule is NCc1ccc(OCCCOCC2CCCC2)cc1. The fourth-order valence-corrected chi connectivity index (χ4v) is 2.50. The lowest BCUT2D eigenvalue weighted by molar-refractivity contribution is 0.0906. The summed E-state index contributed by atoms with van der Waals surface area (Å²) in [4.78, 5) is 0. The van der Waals surface area contributed by atoms with Crippen LogP contribution in [0.2, 0.25) is 0 Å². The van der Waals surface area contributed by atoms with E-state index in [1.54, 1.807) is 0 Å². The molecule has 0 amide bonds. The van der Waals surface area contributed by atoms with Gasteiger partial charge in [0.25, 0.3) is 0 Å². The Bertz CT molecular complexity index is 344. The van der Waals surface area contributed by atoms with Gasteiger partial charge in [-0.15, -0.1) is 0 Å². The lowest BCUT2D eigenvalue weighted by Gasteiger charge is -2.10. The normalized spacial score (nSPS) is 15.8. The van der Waals surface area contributed by atoms with Crippen LogP contribution in [0, 0.1) is 5.92 Å². The first-order valence-electron chi connectivity index (χ1n) is 7.38. The quantitative estimate of drug-likeness (QED) is 0.733. The fourth-order valence-electron chi connectivity index (χ4n) is 2.50. The minimum absolute atomic E-state index is 0.579. The second-order valence-corrected chi connectivity index (χ2v) is 5.28. The molecule has 1 saturated carbocycles. The zero-order chi connectivity index (χ0) is 13.3. The van der Waals surface area contributed by atoms with Crippen LogP contribution in [0.5, 0.6) is 5.75 Å². The Kier molecular flexibility index (Phi) is 6.18. The Morgan fingerprint density at radius 3 is 2.47 bits per heavy atom. The Morgan fingerprint density at radius 2 is 1.79 bits per heavy atom. The van der Waals surface area contributed by atoms with Gasteiger partial charge in [-0.3, -0.25) is 0 Å². The Hall–Kier alpha value is -1.06. The average Bonchev–Trinajstić information content (AvgIpc) is 2.96. The molecule has 0 aliphatic heterocycles. The Balaban J connectivity index is 1.51. The summed E-state index contributed by atoms with van der Waals surface area (Å²) in [7, 11) is 0. The minimum Gasteiger partial charge on any atom is -0.494 e. The number of hydrogen-bond donors (Lipinski definition) is 1. The third-order valence-electron chi connectivity index (χ3n) is 3.69. The van der Waals surface area contributed by atoms with Crippen LogP contribution < -0.4 is 10.5 Å². The number of nitrogens with two attached hydrogens (primary N) is 1. The fraction of sp³-hybridized carbons (Fsp3) is 0.625. The lowest BCUT2D eigenvalue weighted by Crippen LogP contribution is -2.09. The van der Waals surface area contributed by atoms with Gasteiger partial charge in [-0.25, -0.2) is 0 Å². The van der Waals surface area contributed by atoms with Crippen molar-refractivity contribution in [3.63, 3.8) is 0 Å². The van der Waals surface area contributed by atoms with Crippen LogP contribution in [0.25, 0.3) is 0 Å². The van der Waals surface area contributed by atoms with Crippen LogP contribution in [0.3, 0.4) is 0 Å². The van der Waals surface area contributed by atoms with Gasteiger partial charge < -0.3 is 15.2 Å². The molecular weight excluding hydrogens is 238 g/mol. The molecule has 3 nitrogen and oxygen atoms in total. The van der Waals surface area contributed by atoms with Gasteiger partial charge in [0.05, 0.1) is 6.61 Å². The summed E-state index contributed by atoms with van der Waals surface area (Å²) in [5.41, 5.74) is 6.68. The molecule has 0 radical (unpaired) electrons. The van der Waals surface area contributed by atoms with E-state index in [0.29, 0.717) is 13.2 Å². The monoisotopic (exact) mass is 263 g/mol. The van der Waals surface area contributed by atoms with Crippen LogP contribution >= 0.6 is 0 Å². The summed E-state index contributed by atoms with van der Waals surface area (Å²) in [5, 5.41) is 0. The van der Waals surface area contributed by atoms with E-state index in [2.05, 4.69) is 0 Å². The zero-order valence-corrected chi connectivity index (χ0v) is 11.6. The summed E-state index contributed by atoms with van der Waals surface area (Å²) in [5.74, 6) is 1.72. The Morgan fingerprint density at radius 1 is 1.05 bits per heavy atom. The molecule has 1 aliphatic rings. The highest BCUT2D eigenvalue weighted by Crippen LogP contribution is 2.24. The predicted octanol–water partition coefficient (Wildman–Crippen LogP) is 3.12. The van der Waals surface area contributed by atoms with E-state index in [4.69, 9.17) is 15.2 Å². The highest BCUT2D eigenvalue weighted by Gasteiger charge is 2.14. The number of hydrogen-bond acceptors (Lipinski definition) is 3. The maximum absolute atomic E-state index is 5.70. The standard InChI is InChI=1S/C16H25NO2/c17-12-14-6-8-16(9-7-14)19-11-3-10-18-13-15-4-1-2-5-15/h6-9,15H,1-5,10-13,17H2. The van der Waals surface area contributed by atoms with E-state index < -0.39 is 0 Å². The summed E-state index contributed by atoms with van der Waals surface area (Å²) >= 11 is 0. The minimum atomic E-state index is 0.579. The van der Waals surface area contributed by atoms with Crippen molar-refractivity contribution in [2.45, 2.75) is 38.6 Å². The van der Waals surface area contributed by atoms with Crippen molar-refractivity contribution < 1.29 is 9.47 Å². The van der Waals surface area contributed by atoms with Crippen LogP contribution in [0.1, 0.15) is 37.7 Å². The van der Waals surface area contributed by atoms with E-state index in [0.717, 1.165) is 36.9 Å². The molecule has 0 saturated heterocycles.